The molecule has 1 aromatic carbocycles. The van der Waals surface area contributed by atoms with Crippen LogP contribution in [0.4, 0.5) is 0 Å². The highest BCUT2D eigenvalue weighted by Gasteiger charge is 2.41. The van der Waals surface area contributed by atoms with Crippen LogP contribution < -0.4 is 0 Å². The second-order valence-electron chi connectivity index (χ2n) is 7.00. The summed E-state index contributed by atoms with van der Waals surface area (Å²) in [5.74, 6) is 0.946. The van der Waals surface area contributed by atoms with Gasteiger partial charge in [-0.3, -0.25) is 4.90 Å². The highest BCUT2D eigenvalue weighted by atomic mass is 16.3. The first-order valence-electron chi connectivity index (χ1n) is 9.05. The van der Waals surface area contributed by atoms with Gasteiger partial charge < -0.3 is 5.11 Å². The molecule has 4 rings (SSSR count). The van der Waals surface area contributed by atoms with Gasteiger partial charge in [-0.2, -0.15) is 0 Å². The average molecular weight is 327 g/mol. The topological polar surface area (TPSA) is 67.1 Å². The molecule has 1 aliphatic heterocycles. The van der Waals surface area contributed by atoms with Crippen LogP contribution in [0.2, 0.25) is 0 Å². The zero-order valence-electron chi connectivity index (χ0n) is 14.0. The van der Waals surface area contributed by atoms with E-state index in [1.165, 1.54) is 31.2 Å². The van der Waals surface area contributed by atoms with E-state index in [2.05, 4.69) is 32.6 Å². The molecular weight excluding hydrogens is 302 g/mol. The molecule has 2 atom stereocenters. The van der Waals surface area contributed by atoms with Gasteiger partial charge in [0, 0.05) is 12.1 Å². The van der Waals surface area contributed by atoms with E-state index in [0.29, 0.717) is 12.6 Å². The Bertz CT molecular complexity index is 652. The maximum atomic E-state index is 9.82. The van der Waals surface area contributed by atoms with Crippen molar-refractivity contribution in [2.24, 2.45) is 0 Å². The Kier molecular flexibility index (Phi) is 4.58. The monoisotopic (exact) mass is 327 g/mol. The molecule has 1 saturated heterocycles. The number of nitrogens with zero attached hydrogens (tertiary/aromatic N) is 5. The molecule has 0 bridgehead atoms. The fourth-order valence-corrected chi connectivity index (χ4v) is 4.43. The first-order valence-corrected chi connectivity index (χ1v) is 9.05. The molecule has 2 aliphatic rings. The number of aromatic nitrogens is 4. The third-order valence-corrected chi connectivity index (χ3v) is 5.54. The molecule has 0 radical (unpaired) electrons. The molecule has 1 saturated carbocycles. The van der Waals surface area contributed by atoms with Gasteiger partial charge in [0.1, 0.15) is 0 Å². The number of tetrazole rings is 1. The number of aliphatic hydroxyl groups excluding tert-OH is 1. The van der Waals surface area contributed by atoms with Gasteiger partial charge in [-0.25, -0.2) is 4.68 Å². The predicted molar refractivity (Wildman–Crippen MR) is 90.3 cm³/mol. The smallest absolute Gasteiger partial charge is 0.168 e. The summed E-state index contributed by atoms with van der Waals surface area (Å²) in [4.78, 5) is 2.51. The van der Waals surface area contributed by atoms with Crippen LogP contribution in [0.1, 0.15) is 56.0 Å². The molecule has 1 aromatic heterocycles. The molecule has 2 fully saturated rings. The van der Waals surface area contributed by atoms with Gasteiger partial charge in [0.2, 0.25) is 0 Å². The van der Waals surface area contributed by atoms with Gasteiger partial charge in [-0.1, -0.05) is 43.2 Å². The first-order chi connectivity index (χ1) is 11.9. The van der Waals surface area contributed by atoms with Gasteiger partial charge in [0.05, 0.1) is 19.2 Å². The summed E-state index contributed by atoms with van der Waals surface area (Å²) in [6, 6.07) is 11.4. The highest BCUT2D eigenvalue weighted by Crippen LogP contribution is 2.40. The zero-order valence-corrected chi connectivity index (χ0v) is 14.0. The second-order valence-corrected chi connectivity index (χ2v) is 7.00. The lowest BCUT2D eigenvalue weighted by Crippen LogP contribution is -2.41. The summed E-state index contributed by atoms with van der Waals surface area (Å²) >= 11 is 0. The van der Waals surface area contributed by atoms with E-state index in [4.69, 9.17) is 0 Å². The van der Waals surface area contributed by atoms with Crippen molar-refractivity contribution < 1.29 is 5.11 Å². The van der Waals surface area contributed by atoms with Crippen molar-refractivity contribution in [3.63, 3.8) is 0 Å². The van der Waals surface area contributed by atoms with Crippen molar-refractivity contribution in [1.29, 1.82) is 0 Å². The first kappa shape index (κ1) is 15.7. The molecule has 6 nitrogen and oxygen atoms in total. The van der Waals surface area contributed by atoms with Crippen molar-refractivity contribution in [3.05, 3.63) is 41.7 Å². The summed E-state index contributed by atoms with van der Waals surface area (Å²) in [6.45, 7) is 0.926. The standard InChI is InChI=1S/C18H25N5O/c24-13-16-10-11-17(23(16)15-8-4-5-9-15)18-19-20-21-22(18)12-14-6-2-1-3-7-14/h1-3,6-7,15-17,24H,4-5,8-13H2/t16-,17-/m0/s1. The van der Waals surface area contributed by atoms with Gasteiger partial charge in [-0.15, -0.1) is 5.10 Å². The largest absolute Gasteiger partial charge is 0.395 e. The Morgan fingerprint density at radius 3 is 2.58 bits per heavy atom. The van der Waals surface area contributed by atoms with E-state index in [9.17, 15) is 5.11 Å². The minimum Gasteiger partial charge on any atom is -0.395 e. The molecule has 24 heavy (non-hydrogen) atoms. The maximum Gasteiger partial charge on any atom is 0.168 e. The highest BCUT2D eigenvalue weighted by molar-refractivity contribution is 5.15. The van der Waals surface area contributed by atoms with Crippen molar-refractivity contribution in [2.45, 2.75) is 63.2 Å². The van der Waals surface area contributed by atoms with Crippen LogP contribution in [0.25, 0.3) is 0 Å². The summed E-state index contributed by atoms with van der Waals surface area (Å²) in [6.07, 6.45) is 7.09. The Labute approximate surface area is 142 Å². The fourth-order valence-electron chi connectivity index (χ4n) is 4.43. The number of aliphatic hydroxyl groups is 1. The maximum absolute atomic E-state index is 9.82. The quantitative estimate of drug-likeness (QED) is 0.911. The van der Waals surface area contributed by atoms with E-state index in [1.54, 1.807) is 0 Å². The Morgan fingerprint density at radius 2 is 1.83 bits per heavy atom. The van der Waals surface area contributed by atoms with Crippen LogP contribution in [-0.4, -0.2) is 48.9 Å². The lowest BCUT2D eigenvalue weighted by atomic mass is 10.1. The predicted octanol–water partition coefficient (Wildman–Crippen LogP) is 2.16. The SMILES string of the molecule is OC[C@@H]1CC[C@@H](c2nnnn2Cc2ccccc2)N1C1CCCC1. The third-order valence-electron chi connectivity index (χ3n) is 5.54. The van der Waals surface area contributed by atoms with E-state index < -0.39 is 0 Å². The normalized spacial score (nSPS) is 25.5. The van der Waals surface area contributed by atoms with Gasteiger partial charge in [0.25, 0.3) is 0 Å². The fraction of sp³-hybridized carbons (Fsp3) is 0.611. The molecule has 0 amide bonds. The molecule has 1 aliphatic carbocycles. The molecule has 2 aromatic rings. The van der Waals surface area contributed by atoms with Crippen LogP contribution in [-0.2, 0) is 6.54 Å². The minimum absolute atomic E-state index is 0.226. The lowest BCUT2D eigenvalue weighted by Gasteiger charge is -2.34. The molecule has 2 heterocycles. The Hall–Kier alpha value is -1.79. The molecule has 6 heteroatoms. The van der Waals surface area contributed by atoms with Crippen molar-refractivity contribution in [2.75, 3.05) is 6.61 Å². The van der Waals surface area contributed by atoms with E-state index in [0.717, 1.165) is 18.7 Å². The van der Waals surface area contributed by atoms with Crippen LogP contribution >= 0.6 is 0 Å². The lowest BCUT2D eigenvalue weighted by molar-refractivity contribution is 0.0821. The van der Waals surface area contributed by atoms with Crippen molar-refractivity contribution in [3.8, 4) is 0 Å². The number of benzene rings is 1. The number of hydrogen-bond donors (Lipinski definition) is 1. The van der Waals surface area contributed by atoms with Crippen molar-refractivity contribution >= 4 is 0 Å². The van der Waals surface area contributed by atoms with Crippen LogP contribution in [0.5, 0.6) is 0 Å². The molecule has 128 valence electrons. The van der Waals surface area contributed by atoms with Crippen LogP contribution in [0.15, 0.2) is 30.3 Å². The Morgan fingerprint density at radius 1 is 1.04 bits per heavy atom. The molecule has 0 spiro atoms. The van der Waals surface area contributed by atoms with Gasteiger partial charge in [0.15, 0.2) is 5.82 Å². The zero-order chi connectivity index (χ0) is 16.4. The average Bonchev–Trinajstić information content (AvgIpc) is 3.35. The van der Waals surface area contributed by atoms with Crippen LogP contribution in [0.3, 0.4) is 0 Å². The third kappa shape index (κ3) is 2.96. The summed E-state index contributed by atoms with van der Waals surface area (Å²) in [7, 11) is 0. The van der Waals surface area contributed by atoms with E-state index >= 15 is 0 Å². The summed E-state index contributed by atoms with van der Waals surface area (Å²) in [5.41, 5.74) is 1.20. The van der Waals surface area contributed by atoms with E-state index in [-0.39, 0.29) is 18.7 Å². The van der Waals surface area contributed by atoms with Crippen LogP contribution in [0, 0.1) is 0 Å². The second kappa shape index (κ2) is 6.99. The number of hydrogen-bond acceptors (Lipinski definition) is 5. The number of rotatable bonds is 5. The van der Waals surface area contributed by atoms with E-state index in [1.807, 2.05) is 22.9 Å². The molecular formula is C18H25N5O. The van der Waals surface area contributed by atoms with Crippen molar-refractivity contribution in [1.82, 2.24) is 25.1 Å². The summed E-state index contributed by atoms with van der Waals surface area (Å²) in [5, 5.41) is 22.4. The van der Waals surface area contributed by atoms with Gasteiger partial charge >= 0.3 is 0 Å². The Balaban J connectivity index is 1.59. The minimum atomic E-state index is 0.226. The molecule has 0 unspecified atom stereocenters. The van der Waals surface area contributed by atoms with Gasteiger partial charge in [-0.05, 0) is 41.7 Å². The summed E-state index contributed by atoms with van der Waals surface area (Å²) < 4.78 is 1.93. The number of likely N-dealkylation sites (tertiary alicyclic amines) is 1. The molecule has 1 N–H and O–H groups in total.